The van der Waals surface area contributed by atoms with Crippen molar-refractivity contribution in [1.29, 1.82) is 0 Å². The summed E-state index contributed by atoms with van der Waals surface area (Å²) < 4.78 is 5.64. The monoisotopic (exact) mass is 400 g/mol. The van der Waals surface area contributed by atoms with Gasteiger partial charge in [0.05, 0.1) is 7.11 Å². The van der Waals surface area contributed by atoms with E-state index in [2.05, 4.69) is 62.9 Å². The SMILES string of the molecule is CCN(CC)c1ccc(/C=C/CC(C)(CC)c2cc(Cl)ccc2N)c(OC)c1. The fourth-order valence-electron chi connectivity index (χ4n) is 3.56. The van der Waals surface area contributed by atoms with Crippen LogP contribution in [0.5, 0.6) is 5.75 Å². The van der Waals surface area contributed by atoms with E-state index in [4.69, 9.17) is 22.1 Å². The Balaban J connectivity index is 2.26. The van der Waals surface area contributed by atoms with Crippen LogP contribution in [0.25, 0.3) is 6.08 Å². The van der Waals surface area contributed by atoms with Gasteiger partial charge >= 0.3 is 0 Å². The third-order valence-electron chi connectivity index (χ3n) is 5.66. The van der Waals surface area contributed by atoms with Crippen LogP contribution in [0.4, 0.5) is 11.4 Å². The van der Waals surface area contributed by atoms with E-state index in [1.807, 2.05) is 18.2 Å². The first-order valence-corrected chi connectivity index (χ1v) is 10.4. The molecule has 2 aromatic rings. The van der Waals surface area contributed by atoms with Crippen molar-refractivity contribution in [3.63, 3.8) is 0 Å². The summed E-state index contributed by atoms with van der Waals surface area (Å²) in [5, 5.41) is 0.724. The van der Waals surface area contributed by atoms with Crippen molar-refractivity contribution >= 4 is 29.1 Å². The molecule has 152 valence electrons. The Morgan fingerprint density at radius 1 is 1.11 bits per heavy atom. The molecule has 0 radical (unpaired) electrons. The van der Waals surface area contributed by atoms with Crippen LogP contribution in [0, 0.1) is 0 Å². The number of methoxy groups -OCH3 is 1. The summed E-state index contributed by atoms with van der Waals surface area (Å²) in [4.78, 5) is 2.31. The second-order valence-electron chi connectivity index (χ2n) is 7.35. The first-order chi connectivity index (χ1) is 13.4. The van der Waals surface area contributed by atoms with Gasteiger partial charge in [0, 0.05) is 41.1 Å². The van der Waals surface area contributed by atoms with Crippen LogP contribution in [-0.4, -0.2) is 20.2 Å². The van der Waals surface area contributed by atoms with Gasteiger partial charge in [0.25, 0.3) is 0 Å². The van der Waals surface area contributed by atoms with Gasteiger partial charge in [-0.2, -0.15) is 0 Å². The van der Waals surface area contributed by atoms with Crippen LogP contribution in [-0.2, 0) is 5.41 Å². The first kappa shape index (κ1) is 22.2. The maximum Gasteiger partial charge on any atom is 0.128 e. The zero-order chi connectivity index (χ0) is 20.7. The van der Waals surface area contributed by atoms with Gasteiger partial charge in [0.15, 0.2) is 0 Å². The molecule has 0 heterocycles. The van der Waals surface area contributed by atoms with Gasteiger partial charge in [0.2, 0.25) is 0 Å². The third-order valence-corrected chi connectivity index (χ3v) is 5.89. The highest BCUT2D eigenvalue weighted by Crippen LogP contribution is 2.37. The molecule has 0 spiro atoms. The van der Waals surface area contributed by atoms with E-state index in [9.17, 15) is 0 Å². The predicted molar refractivity (Wildman–Crippen MR) is 124 cm³/mol. The molecule has 0 aliphatic carbocycles. The van der Waals surface area contributed by atoms with E-state index >= 15 is 0 Å². The van der Waals surface area contributed by atoms with Crippen molar-refractivity contribution in [2.24, 2.45) is 0 Å². The van der Waals surface area contributed by atoms with Gasteiger partial charge in [-0.1, -0.05) is 37.6 Å². The first-order valence-electron chi connectivity index (χ1n) is 10.0. The van der Waals surface area contributed by atoms with Gasteiger partial charge in [-0.15, -0.1) is 0 Å². The van der Waals surface area contributed by atoms with E-state index in [1.54, 1.807) is 7.11 Å². The largest absolute Gasteiger partial charge is 0.496 e. The highest BCUT2D eigenvalue weighted by molar-refractivity contribution is 6.30. The number of hydrogen-bond acceptors (Lipinski definition) is 3. The molecule has 28 heavy (non-hydrogen) atoms. The quantitative estimate of drug-likeness (QED) is 0.485. The maximum absolute atomic E-state index is 6.24. The molecule has 0 fully saturated rings. The van der Waals surface area contributed by atoms with Crippen molar-refractivity contribution in [3.8, 4) is 5.75 Å². The Kier molecular flexibility index (Phi) is 7.82. The Morgan fingerprint density at radius 3 is 2.43 bits per heavy atom. The zero-order valence-electron chi connectivity index (χ0n) is 17.8. The average molecular weight is 401 g/mol. The number of nitrogens with zero attached hydrogens (tertiary/aromatic N) is 1. The van der Waals surface area contributed by atoms with Crippen molar-refractivity contribution in [2.45, 2.75) is 46.0 Å². The lowest BCUT2D eigenvalue weighted by atomic mass is 9.76. The molecule has 0 saturated heterocycles. The normalized spacial score (nSPS) is 13.5. The molecule has 4 heteroatoms. The van der Waals surface area contributed by atoms with Crippen LogP contribution in [0.3, 0.4) is 0 Å². The Bertz CT molecular complexity index is 814. The molecule has 2 N–H and O–H groups in total. The van der Waals surface area contributed by atoms with Crippen LogP contribution < -0.4 is 15.4 Å². The lowest BCUT2D eigenvalue weighted by Gasteiger charge is -2.29. The summed E-state index contributed by atoms with van der Waals surface area (Å²) in [7, 11) is 1.72. The molecular formula is C24H33ClN2O. The summed E-state index contributed by atoms with van der Waals surface area (Å²) in [5.74, 6) is 0.890. The van der Waals surface area contributed by atoms with Gasteiger partial charge in [-0.3, -0.25) is 0 Å². The minimum Gasteiger partial charge on any atom is -0.496 e. The molecule has 2 aromatic carbocycles. The van der Waals surface area contributed by atoms with Crippen LogP contribution in [0.1, 0.15) is 51.7 Å². The Labute approximate surface area is 175 Å². The molecule has 1 atom stereocenters. The fraction of sp³-hybridized carbons (Fsp3) is 0.417. The van der Waals surface area contributed by atoms with E-state index in [0.29, 0.717) is 0 Å². The fourth-order valence-corrected chi connectivity index (χ4v) is 3.74. The number of ether oxygens (including phenoxy) is 1. The number of benzene rings is 2. The lowest BCUT2D eigenvalue weighted by molar-refractivity contribution is 0.413. The number of hydrogen-bond donors (Lipinski definition) is 1. The van der Waals surface area contributed by atoms with E-state index in [1.165, 1.54) is 5.69 Å². The summed E-state index contributed by atoms with van der Waals surface area (Å²) in [6, 6.07) is 12.1. The van der Waals surface area contributed by atoms with Crippen molar-refractivity contribution in [1.82, 2.24) is 0 Å². The number of nitrogen functional groups attached to an aromatic ring is 1. The second-order valence-corrected chi connectivity index (χ2v) is 7.79. The number of allylic oxidation sites excluding steroid dienone is 1. The molecule has 0 aliphatic rings. The van der Waals surface area contributed by atoms with Crippen LogP contribution >= 0.6 is 11.6 Å². The van der Waals surface area contributed by atoms with Gasteiger partial charge in [0.1, 0.15) is 5.75 Å². The lowest BCUT2D eigenvalue weighted by Crippen LogP contribution is -2.22. The molecule has 0 aromatic heterocycles. The standard InChI is InChI=1S/C24H33ClN2O/c1-6-24(4,21-16-19(25)12-14-22(21)26)15-9-10-18-11-13-20(17-23(18)28-5)27(7-2)8-3/h9-14,16-17H,6-8,15,26H2,1-5H3/b10-9+. The van der Waals surface area contributed by atoms with E-state index < -0.39 is 0 Å². The molecular weight excluding hydrogens is 368 g/mol. The molecule has 0 aliphatic heterocycles. The van der Waals surface area contributed by atoms with Crippen molar-refractivity contribution < 1.29 is 4.74 Å². The van der Waals surface area contributed by atoms with Crippen LogP contribution in [0.2, 0.25) is 5.02 Å². The average Bonchev–Trinajstić information content (AvgIpc) is 2.71. The van der Waals surface area contributed by atoms with Crippen molar-refractivity contribution in [2.75, 3.05) is 30.8 Å². The number of halogens is 1. The summed E-state index contributed by atoms with van der Waals surface area (Å²) in [6.07, 6.45) is 6.19. The van der Waals surface area contributed by atoms with Gasteiger partial charge < -0.3 is 15.4 Å². The molecule has 2 rings (SSSR count). The summed E-state index contributed by atoms with van der Waals surface area (Å²) in [6.45, 7) is 10.7. The second kappa shape index (κ2) is 9.88. The Hall–Kier alpha value is -2.13. The molecule has 0 amide bonds. The van der Waals surface area contributed by atoms with Gasteiger partial charge in [-0.25, -0.2) is 0 Å². The topological polar surface area (TPSA) is 38.5 Å². The van der Waals surface area contributed by atoms with Crippen LogP contribution in [0.15, 0.2) is 42.5 Å². The number of nitrogens with two attached hydrogens (primary N) is 1. The van der Waals surface area contributed by atoms with E-state index in [-0.39, 0.29) is 5.41 Å². The minimum absolute atomic E-state index is 0.0696. The third kappa shape index (κ3) is 5.02. The highest BCUT2D eigenvalue weighted by atomic mass is 35.5. The molecule has 1 unspecified atom stereocenters. The minimum atomic E-state index is -0.0696. The zero-order valence-corrected chi connectivity index (χ0v) is 18.5. The number of anilines is 2. The maximum atomic E-state index is 6.24. The number of rotatable bonds is 9. The highest BCUT2D eigenvalue weighted by Gasteiger charge is 2.25. The van der Waals surface area contributed by atoms with E-state index in [0.717, 1.165) is 53.5 Å². The molecule has 3 nitrogen and oxygen atoms in total. The van der Waals surface area contributed by atoms with Crippen molar-refractivity contribution in [3.05, 3.63) is 58.6 Å². The van der Waals surface area contributed by atoms with Gasteiger partial charge in [-0.05, 0) is 68.0 Å². The summed E-state index contributed by atoms with van der Waals surface area (Å²) >= 11 is 6.22. The smallest absolute Gasteiger partial charge is 0.128 e. The summed E-state index contributed by atoms with van der Waals surface area (Å²) in [5.41, 5.74) is 10.3. The Morgan fingerprint density at radius 2 is 1.82 bits per heavy atom. The predicted octanol–water partition coefficient (Wildman–Crippen LogP) is 6.55. The molecule has 0 saturated carbocycles. The molecule has 0 bridgehead atoms.